The van der Waals surface area contributed by atoms with Gasteiger partial charge in [0.1, 0.15) is 5.60 Å². The zero-order valence-electron chi connectivity index (χ0n) is 19.8. The number of nitrogens with one attached hydrogen (secondary N) is 2. The predicted octanol–water partition coefficient (Wildman–Crippen LogP) is 2.40. The van der Waals surface area contributed by atoms with E-state index in [4.69, 9.17) is 4.74 Å². The molecule has 1 saturated heterocycles. The molecular formula is C21H42IN5O3S. The van der Waals surface area contributed by atoms with Crippen LogP contribution in [-0.4, -0.2) is 95.0 Å². The van der Waals surface area contributed by atoms with Crippen molar-refractivity contribution in [2.45, 2.75) is 70.3 Å². The molecule has 0 aromatic heterocycles. The summed E-state index contributed by atoms with van der Waals surface area (Å²) in [5.74, 6) is 1.56. The fourth-order valence-electron chi connectivity index (χ4n) is 3.95. The summed E-state index contributed by atoms with van der Waals surface area (Å²) in [4.78, 5) is 20.7. The van der Waals surface area contributed by atoms with Crippen molar-refractivity contribution in [3.63, 3.8) is 0 Å². The van der Waals surface area contributed by atoms with Gasteiger partial charge in [-0.05, 0) is 40.0 Å². The lowest BCUT2D eigenvalue weighted by Crippen LogP contribution is -2.52. The molecule has 1 aliphatic carbocycles. The van der Waals surface area contributed by atoms with Gasteiger partial charge in [-0.15, -0.1) is 24.0 Å². The number of aliphatic imine (C=N–C) groups is 1. The molecule has 0 aromatic carbocycles. The molecule has 1 heterocycles. The molecule has 0 spiro atoms. The molecule has 3 atom stereocenters. The Kier molecular flexibility index (Phi) is 12.7. The largest absolute Gasteiger partial charge is 0.444 e. The molecule has 0 aromatic rings. The molecule has 1 saturated carbocycles. The number of guanidine groups is 1. The number of carbonyl (C=O) groups excluding carboxylic acids is 1. The molecular weight excluding hydrogens is 529 g/mol. The lowest BCUT2D eigenvalue weighted by atomic mass is 9.95. The van der Waals surface area contributed by atoms with Gasteiger partial charge in [0.15, 0.2) is 5.96 Å². The molecule has 8 nitrogen and oxygen atoms in total. The number of carbonyl (C=O) groups is 1. The van der Waals surface area contributed by atoms with Crippen LogP contribution >= 0.6 is 24.0 Å². The van der Waals surface area contributed by atoms with Crippen LogP contribution in [0.4, 0.5) is 4.79 Å². The number of ether oxygens (including phenoxy) is 1. The topological polar surface area (TPSA) is 86.3 Å². The third kappa shape index (κ3) is 10.2. The van der Waals surface area contributed by atoms with E-state index in [-0.39, 0.29) is 30.1 Å². The van der Waals surface area contributed by atoms with Gasteiger partial charge in [-0.2, -0.15) is 0 Å². The third-order valence-corrected chi connectivity index (χ3v) is 7.33. The zero-order chi connectivity index (χ0) is 22.1. The highest BCUT2D eigenvalue weighted by Crippen LogP contribution is 2.23. The minimum atomic E-state index is -0.716. The van der Waals surface area contributed by atoms with E-state index in [1.165, 1.54) is 0 Å². The van der Waals surface area contributed by atoms with Crippen molar-refractivity contribution >= 4 is 46.8 Å². The summed E-state index contributed by atoms with van der Waals surface area (Å²) in [7, 11) is 1.08. The second-order valence-corrected chi connectivity index (χ2v) is 11.1. The van der Waals surface area contributed by atoms with Gasteiger partial charge in [-0.1, -0.05) is 13.3 Å². The molecule has 31 heavy (non-hydrogen) atoms. The fraction of sp³-hybridized carbons (Fsp3) is 0.905. The summed E-state index contributed by atoms with van der Waals surface area (Å²) in [6.45, 7) is 12.5. The summed E-state index contributed by atoms with van der Waals surface area (Å²) in [6.07, 6.45) is 4.02. The van der Waals surface area contributed by atoms with Gasteiger partial charge in [-0.25, -0.2) is 4.79 Å². The number of nitrogens with zero attached hydrogens (tertiary/aromatic N) is 3. The molecule has 1 amide bonds. The Morgan fingerprint density at radius 3 is 2.45 bits per heavy atom. The maximum Gasteiger partial charge on any atom is 0.410 e. The highest BCUT2D eigenvalue weighted by atomic mass is 127. The van der Waals surface area contributed by atoms with Gasteiger partial charge in [0.05, 0.1) is 0 Å². The Bertz CT molecular complexity index is 606. The maximum atomic E-state index is 12.2. The van der Waals surface area contributed by atoms with Crippen molar-refractivity contribution in [3.05, 3.63) is 0 Å². The van der Waals surface area contributed by atoms with Crippen LogP contribution in [-0.2, 0) is 15.5 Å². The second kappa shape index (κ2) is 13.8. The van der Waals surface area contributed by atoms with Crippen molar-refractivity contribution in [2.75, 3.05) is 52.1 Å². The van der Waals surface area contributed by atoms with Crippen molar-refractivity contribution in [1.29, 1.82) is 0 Å². The van der Waals surface area contributed by atoms with Crippen LogP contribution in [0.2, 0.25) is 0 Å². The molecule has 2 N–H and O–H groups in total. The highest BCUT2D eigenvalue weighted by molar-refractivity contribution is 14.0. The summed E-state index contributed by atoms with van der Waals surface area (Å²) >= 11 is 0. The first kappa shape index (κ1) is 28.4. The maximum absolute atomic E-state index is 12.2. The van der Waals surface area contributed by atoms with Gasteiger partial charge < -0.3 is 20.3 Å². The molecule has 0 radical (unpaired) electrons. The van der Waals surface area contributed by atoms with Crippen molar-refractivity contribution in [2.24, 2.45) is 4.99 Å². The van der Waals surface area contributed by atoms with E-state index in [1.807, 2.05) is 27.7 Å². The molecule has 2 fully saturated rings. The van der Waals surface area contributed by atoms with E-state index in [9.17, 15) is 9.00 Å². The van der Waals surface area contributed by atoms with E-state index >= 15 is 0 Å². The smallest absolute Gasteiger partial charge is 0.410 e. The van der Waals surface area contributed by atoms with Crippen LogP contribution < -0.4 is 10.6 Å². The van der Waals surface area contributed by atoms with Gasteiger partial charge in [0.25, 0.3) is 0 Å². The van der Waals surface area contributed by atoms with Crippen LogP contribution in [0.15, 0.2) is 4.99 Å². The number of rotatable bonds is 6. The molecule has 0 bridgehead atoms. The standard InChI is InChI=1S/C21H41N5O3S.HI/c1-6-30(28)18-9-7-8-17(16-18)24-19(22-5)23-10-11-25-12-14-26(15-13-25)20(27)29-21(2,3)4;/h17-18H,6-16H2,1-5H3,(H2,22,23,24);1H. The molecule has 1 aliphatic heterocycles. The summed E-state index contributed by atoms with van der Waals surface area (Å²) in [6, 6.07) is 0.336. The number of piperazine rings is 1. The molecule has 2 aliphatic rings. The first-order chi connectivity index (χ1) is 14.2. The van der Waals surface area contributed by atoms with Crippen LogP contribution in [0.1, 0.15) is 53.4 Å². The average molecular weight is 572 g/mol. The minimum absolute atomic E-state index is 0. The highest BCUT2D eigenvalue weighted by Gasteiger charge is 2.27. The van der Waals surface area contributed by atoms with E-state index < -0.39 is 16.4 Å². The number of hydrogen-bond acceptors (Lipinski definition) is 5. The first-order valence-electron chi connectivity index (χ1n) is 11.3. The second-order valence-electron chi connectivity index (χ2n) is 9.11. The molecule has 2 rings (SSSR count). The van der Waals surface area contributed by atoms with Crippen LogP contribution in [0.25, 0.3) is 0 Å². The predicted molar refractivity (Wildman–Crippen MR) is 139 cm³/mol. The Labute approximate surface area is 207 Å². The zero-order valence-corrected chi connectivity index (χ0v) is 23.0. The Hall–Kier alpha value is -0.620. The molecule has 182 valence electrons. The monoisotopic (exact) mass is 571 g/mol. The Morgan fingerprint density at radius 1 is 1.19 bits per heavy atom. The Morgan fingerprint density at radius 2 is 1.87 bits per heavy atom. The first-order valence-corrected chi connectivity index (χ1v) is 12.6. The van der Waals surface area contributed by atoms with Gasteiger partial charge >= 0.3 is 6.09 Å². The molecule has 10 heteroatoms. The Balaban J connectivity index is 0.00000480. The SMILES string of the molecule is CCS(=O)C1CCCC(NC(=NC)NCCN2CCN(C(=O)OC(C)(C)C)CC2)C1.I. The lowest BCUT2D eigenvalue weighted by molar-refractivity contribution is 0.0147. The van der Waals surface area contributed by atoms with E-state index in [1.54, 1.807) is 11.9 Å². The average Bonchev–Trinajstić information content (AvgIpc) is 2.71. The number of halogens is 1. The number of amides is 1. The summed E-state index contributed by atoms with van der Waals surface area (Å²) in [5, 5.41) is 7.22. The summed E-state index contributed by atoms with van der Waals surface area (Å²) < 4.78 is 17.6. The van der Waals surface area contributed by atoms with E-state index in [2.05, 4.69) is 20.5 Å². The molecule has 3 unspecified atom stereocenters. The quantitative estimate of drug-likeness (QED) is 0.290. The van der Waals surface area contributed by atoms with E-state index in [0.29, 0.717) is 24.4 Å². The van der Waals surface area contributed by atoms with Crippen LogP contribution in [0.5, 0.6) is 0 Å². The van der Waals surface area contributed by atoms with Crippen molar-refractivity contribution < 1.29 is 13.7 Å². The third-order valence-electron chi connectivity index (χ3n) is 5.59. The van der Waals surface area contributed by atoms with Gasteiger partial charge in [-0.3, -0.25) is 14.1 Å². The number of hydrogen-bond donors (Lipinski definition) is 2. The van der Waals surface area contributed by atoms with Gasteiger partial charge in [0.2, 0.25) is 0 Å². The normalized spacial score (nSPS) is 24.2. The van der Waals surface area contributed by atoms with Crippen LogP contribution in [0, 0.1) is 0 Å². The van der Waals surface area contributed by atoms with Crippen molar-refractivity contribution in [1.82, 2.24) is 20.4 Å². The van der Waals surface area contributed by atoms with Crippen LogP contribution in [0.3, 0.4) is 0 Å². The summed E-state index contributed by atoms with van der Waals surface area (Å²) in [5.41, 5.74) is -0.453. The van der Waals surface area contributed by atoms with Gasteiger partial charge in [0, 0.05) is 74.2 Å². The lowest BCUT2D eigenvalue weighted by Gasteiger charge is -2.35. The minimum Gasteiger partial charge on any atom is -0.444 e. The van der Waals surface area contributed by atoms with Crippen molar-refractivity contribution in [3.8, 4) is 0 Å². The van der Waals surface area contributed by atoms with E-state index in [0.717, 1.165) is 63.6 Å². The fourth-order valence-corrected chi connectivity index (χ4v) is 5.30.